The standard InChI is InChI=1S/C38H53NO7/c1-26-6-4-17-37(2)35(16-18-38(37,44)25-39(22-30(42)24-40)23-32-7-5-19-46-32)33-15-9-27(20-29(41)12-8-26)21-34(33)36(43)28-10-13-31(45-3)14-11-28/h6,9-11,13-15,21,29-30,32,35,40-42,44H,4-5,7-8,12,16-20,22-25H2,1-3H3/t29-,30-,32+,35-,37-,38+/m0/s1. The van der Waals surface area contributed by atoms with Crippen molar-refractivity contribution in [3.8, 4) is 5.75 Å². The van der Waals surface area contributed by atoms with Gasteiger partial charge in [0.2, 0.25) is 0 Å². The van der Waals surface area contributed by atoms with Crippen molar-refractivity contribution in [1.29, 1.82) is 0 Å². The fraction of sp³-hybridized carbons (Fsp3) is 0.605. The van der Waals surface area contributed by atoms with Crippen molar-refractivity contribution in [1.82, 2.24) is 4.90 Å². The van der Waals surface area contributed by atoms with Crippen LogP contribution < -0.4 is 4.74 Å². The minimum atomic E-state index is -1.11. The molecule has 0 aromatic heterocycles. The largest absolute Gasteiger partial charge is 0.497 e. The van der Waals surface area contributed by atoms with Gasteiger partial charge in [0.25, 0.3) is 0 Å². The molecule has 4 aliphatic rings. The number of methoxy groups -OCH3 is 1. The molecule has 2 aromatic carbocycles. The molecule has 1 heterocycles. The molecule has 1 saturated carbocycles. The number of hydrogen-bond donors (Lipinski definition) is 4. The highest BCUT2D eigenvalue weighted by Crippen LogP contribution is 2.59. The third-order valence-corrected chi connectivity index (χ3v) is 10.9. The van der Waals surface area contributed by atoms with Gasteiger partial charge in [-0.2, -0.15) is 0 Å². The van der Waals surface area contributed by atoms with Gasteiger partial charge in [0, 0.05) is 42.8 Å². The summed E-state index contributed by atoms with van der Waals surface area (Å²) in [6.07, 6.45) is 7.40. The minimum absolute atomic E-state index is 0.0330. The average Bonchev–Trinajstić information content (AvgIpc) is 3.64. The number of hydrogen-bond acceptors (Lipinski definition) is 8. The number of nitrogens with zero attached hydrogens (tertiary/aromatic N) is 1. The Morgan fingerprint density at radius 3 is 2.61 bits per heavy atom. The first-order chi connectivity index (χ1) is 22.0. The Labute approximate surface area is 274 Å². The fourth-order valence-electron chi connectivity index (χ4n) is 8.10. The molecule has 2 fully saturated rings. The Morgan fingerprint density at radius 1 is 1.13 bits per heavy atom. The third kappa shape index (κ3) is 7.75. The molecular formula is C38H53NO7. The van der Waals surface area contributed by atoms with Crippen molar-refractivity contribution in [2.45, 2.75) is 101 Å². The summed E-state index contributed by atoms with van der Waals surface area (Å²) in [5.74, 6) is 0.497. The molecule has 46 heavy (non-hydrogen) atoms. The lowest BCUT2D eigenvalue weighted by molar-refractivity contribution is -0.0945. The Morgan fingerprint density at radius 2 is 1.91 bits per heavy atom. The molecule has 1 aliphatic heterocycles. The second-order valence-electron chi connectivity index (χ2n) is 14.2. The number of carbonyl (C=O) groups excluding carboxylic acids is 1. The SMILES string of the molecule is COc1ccc(C(=O)c2cc3ccc2[C@@H]2CC[C@@](O)(CN(C[C@H](O)CO)C[C@H]4CCCO4)[C@@]2(C)CCC=C(C)CC[C@H](O)C3)cc1. The molecule has 4 N–H and O–H groups in total. The number of aliphatic hydroxyl groups excluding tert-OH is 3. The average molecular weight is 636 g/mol. The van der Waals surface area contributed by atoms with E-state index in [0.717, 1.165) is 43.4 Å². The molecule has 1 saturated heterocycles. The second-order valence-corrected chi connectivity index (χ2v) is 14.2. The Balaban J connectivity index is 1.56. The predicted octanol–water partition coefficient (Wildman–Crippen LogP) is 4.80. The highest BCUT2D eigenvalue weighted by atomic mass is 16.5. The van der Waals surface area contributed by atoms with Crippen LogP contribution in [-0.4, -0.2) is 95.0 Å². The molecule has 0 unspecified atom stereocenters. The van der Waals surface area contributed by atoms with Crippen LogP contribution in [-0.2, 0) is 11.2 Å². The van der Waals surface area contributed by atoms with Crippen molar-refractivity contribution in [3.05, 3.63) is 76.4 Å². The van der Waals surface area contributed by atoms with Gasteiger partial charge < -0.3 is 29.9 Å². The highest BCUT2D eigenvalue weighted by molar-refractivity contribution is 6.10. The molecule has 0 amide bonds. The number of aliphatic hydroxyl groups is 4. The maximum Gasteiger partial charge on any atom is 0.193 e. The van der Waals surface area contributed by atoms with E-state index in [1.165, 1.54) is 5.57 Å². The van der Waals surface area contributed by atoms with Crippen LogP contribution >= 0.6 is 0 Å². The van der Waals surface area contributed by atoms with Gasteiger partial charge in [-0.25, -0.2) is 0 Å². The number of ketones is 1. The minimum Gasteiger partial charge on any atom is -0.497 e. The smallest absolute Gasteiger partial charge is 0.193 e. The first-order valence-electron chi connectivity index (χ1n) is 17.1. The summed E-state index contributed by atoms with van der Waals surface area (Å²) in [5.41, 5.74) is 2.55. The summed E-state index contributed by atoms with van der Waals surface area (Å²) < 4.78 is 11.3. The molecule has 6 rings (SSSR count). The van der Waals surface area contributed by atoms with Crippen molar-refractivity contribution in [2.24, 2.45) is 5.41 Å². The van der Waals surface area contributed by atoms with Crippen LogP contribution in [0.2, 0.25) is 0 Å². The summed E-state index contributed by atoms with van der Waals surface area (Å²) in [6.45, 7) is 5.82. The normalized spacial score (nSPS) is 29.3. The molecule has 8 nitrogen and oxygen atoms in total. The van der Waals surface area contributed by atoms with Crippen LogP contribution in [0.1, 0.15) is 98.2 Å². The molecule has 3 aliphatic carbocycles. The second kappa shape index (κ2) is 15.1. The van der Waals surface area contributed by atoms with E-state index in [4.69, 9.17) is 9.47 Å². The van der Waals surface area contributed by atoms with Crippen molar-refractivity contribution in [2.75, 3.05) is 40.0 Å². The number of fused-ring (bicyclic) bond motifs is 8. The molecule has 0 spiro atoms. The predicted molar refractivity (Wildman–Crippen MR) is 178 cm³/mol. The van der Waals surface area contributed by atoms with Gasteiger partial charge in [-0.15, -0.1) is 0 Å². The molecule has 0 radical (unpaired) electrons. The molecule has 2 bridgehead atoms. The van der Waals surface area contributed by atoms with E-state index >= 15 is 0 Å². The number of benzene rings is 2. The maximum absolute atomic E-state index is 14.2. The molecular weight excluding hydrogens is 582 g/mol. The highest BCUT2D eigenvalue weighted by Gasteiger charge is 2.57. The van der Waals surface area contributed by atoms with Crippen molar-refractivity contribution < 1.29 is 34.7 Å². The zero-order valence-electron chi connectivity index (χ0n) is 27.8. The first kappa shape index (κ1) is 34.7. The van der Waals surface area contributed by atoms with Crippen LogP contribution in [0, 0.1) is 5.41 Å². The lowest BCUT2D eigenvalue weighted by atomic mass is 9.64. The Kier molecular flexibility index (Phi) is 11.4. The lowest BCUT2D eigenvalue weighted by Crippen LogP contribution is -2.55. The van der Waals surface area contributed by atoms with E-state index in [2.05, 4.69) is 30.9 Å². The van der Waals surface area contributed by atoms with Crippen LogP contribution in [0.3, 0.4) is 0 Å². The first-order valence-corrected chi connectivity index (χ1v) is 17.1. The van der Waals surface area contributed by atoms with Gasteiger partial charge in [0.05, 0.1) is 37.6 Å². The Hall–Kier alpha value is -2.59. The van der Waals surface area contributed by atoms with Crippen molar-refractivity contribution in [3.63, 3.8) is 0 Å². The van der Waals surface area contributed by atoms with Gasteiger partial charge in [-0.3, -0.25) is 9.69 Å². The Bertz CT molecular complexity index is 1350. The number of ether oxygens (including phenoxy) is 2. The van der Waals surface area contributed by atoms with E-state index in [-0.39, 0.29) is 31.0 Å². The summed E-state index contributed by atoms with van der Waals surface area (Å²) in [5, 5.41) is 43.8. The number of rotatable bonds is 10. The molecule has 252 valence electrons. The maximum atomic E-state index is 14.2. The van der Waals surface area contributed by atoms with Gasteiger partial charge in [0.15, 0.2) is 5.78 Å². The van der Waals surface area contributed by atoms with Gasteiger partial charge >= 0.3 is 0 Å². The van der Waals surface area contributed by atoms with E-state index in [9.17, 15) is 25.2 Å². The van der Waals surface area contributed by atoms with Gasteiger partial charge in [-0.05, 0) is 112 Å². The monoisotopic (exact) mass is 635 g/mol. The topological polar surface area (TPSA) is 120 Å². The summed E-state index contributed by atoms with van der Waals surface area (Å²) in [4.78, 5) is 16.3. The number of allylic oxidation sites excluding steroid dienone is 2. The third-order valence-electron chi connectivity index (χ3n) is 10.9. The number of carbonyl (C=O) groups is 1. The zero-order chi connectivity index (χ0) is 32.9. The van der Waals surface area contributed by atoms with Gasteiger partial charge in [0.1, 0.15) is 5.75 Å². The van der Waals surface area contributed by atoms with E-state index < -0.39 is 23.2 Å². The van der Waals surface area contributed by atoms with Crippen molar-refractivity contribution >= 4 is 5.78 Å². The molecule has 2 aromatic rings. The fourth-order valence-corrected chi connectivity index (χ4v) is 8.10. The zero-order valence-corrected chi connectivity index (χ0v) is 27.8. The van der Waals surface area contributed by atoms with E-state index in [0.29, 0.717) is 62.1 Å². The van der Waals surface area contributed by atoms with Crippen LogP contribution in [0.25, 0.3) is 0 Å². The summed E-state index contributed by atoms with van der Waals surface area (Å²) >= 11 is 0. The quantitative estimate of drug-likeness (QED) is 0.217. The van der Waals surface area contributed by atoms with E-state index in [1.807, 2.05) is 12.1 Å². The summed E-state index contributed by atoms with van der Waals surface area (Å²) in [6, 6.07) is 13.2. The van der Waals surface area contributed by atoms with Crippen LogP contribution in [0.15, 0.2) is 54.1 Å². The van der Waals surface area contributed by atoms with E-state index in [1.54, 1.807) is 31.4 Å². The molecule has 6 atom stereocenters. The van der Waals surface area contributed by atoms with Crippen LogP contribution in [0.5, 0.6) is 5.75 Å². The summed E-state index contributed by atoms with van der Waals surface area (Å²) in [7, 11) is 1.60. The van der Waals surface area contributed by atoms with Gasteiger partial charge in [-0.1, -0.05) is 30.7 Å². The van der Waals surface area contributed by atoms with Crippen LogP contribution in [0.4, 0.5) is 0 Å². The molecule has 8 heteroatoms. The lowest BCUT2D eigenvalue weighted by Gasteiger charge is -2.46.